The van der Waals surface area contributed by atoms with E-state index in [4.69, 9.17) is 14.2 Å². The first-order chi connectivity index (χ1) is 12.2. The summed E-state index contributed by atoms with van der Waals surface area (Å²) < 4.78 is 17.0. The summed E-state index contributed by atoms with van der Waals surface area (Å²) in [7, 11) is 1.56. The van der Waals surface area contributed by atoms with Crippen molar-refractivity contribution in [3.8, 4) is 39.8 Å². The molecule has 0 bridgehead atoms. The van der Waals surface area contributed by atoms with Crippen LogP contribution < -0.4 is 9.47 Å². The van der Waals surface area contributed by atoms with Gasteiger partial charge in [-0.1, -0.05) is 15.9 Å². The number of nitrogens with zero attached hydrogens (tertiary/aromatic N) is 1. The number of benzene rings is 2. The van der Waals surface area contributed by atoms with Gasteiger partial charge in [-0.25, -0.2) is 0 Å². The van der Waals surface area contributed by atoms with Gasteiger partial charge in [0.15, 0.2) is 6.79 Å². The number of phenols is 1. The molecule has 0 fully saturated rings. The lowest BCUT2D eigenvalue weighted by Crippen LogP contribution is -2.12. The Bertz CT molecular complexity index is 939. The summed E-state index contributed by atoms with van der Waals surface area (Å²) in [5.74, 6) is 1.48. The number of halogens is 1. The third-order valence-electron chi connectivity index (χ3n) is 4.02. The summed E-state index contributed by atoms with van der Waals surface area (Å²) in [5, 5.41) is 17.6. The molecule has 4 rings (SSSR count). The molecule has 0 aliphatic carbocycles. The first-order valence-corrected chi connectivity index (χ1v) is 8.41. The molecule has 0 spiro atoms. The zero-order valence-corrected chi connectivity index (χ0v) is 15.0. The van der Waals surface area contributed by atoms with E-state index in [0.717, 1.165) is 27.0 Å². The second-order valence-electron chi connectivity index (χ2n) is 5.60. The van der Waals surface area contributed by atoms with Gasteiger partial charge in [-0.3, -0.25) is 5.10 Å². The van der Waals surface area contributed by atoms with Crippen molar-refractivity contribution in [1.82, 2.24) is 10.2 Å². The first-order valence-electron chi connectivity index (χ1n) is 7.62. The van der Waals surface area contributed by atoms with Crippen LogP contribution >= 0.6 is 15.9 Å². The number of hydrogen-bond acceptors (Lipinski definition) is 5. The topological polar surface area (TPSA) is 76.6 Å². The number of H-pyrrole nitrogens is 1. The Morgan fingerprint density at radius 3 is 2.88 bits per heavy atom. The number of ether oxygens (including phenoxy) is 3. The van der Waals surface area contributed by atoms with E-state index >= 15 is 0 Å². The highest BCUT2D eigenvalue weighted by Crippen LogP contribution is 2.39. The Kier molecular flexibility index (Phi) is 4.10. The molecule has 6 nitrogen and oxygen atoms in total. The maximum Gasteiger partial charge on any atom is 0.189 e. The van der Waals surface area contributed by atoms with E-state index in [0.29, 0.717) is 23.6 Å². The summed E-state index contributed by atoms with van der Waals surface area (Å²) >= 11 is 3.51. The van der Waals surface area contributed by atoms with Crippen molar-refractivity contribution in [3.63, 3.8) is 0 Å². The number of aromatic amines is 1. The van der Waals surface area contributed by atoms with Crippen LogP contribution in [0.15, 0.2) is 40.9 Å². The molecule has 128 valence electrons. The summed E-state index contributed by atoms with van der Waals surface area (Å²) in [4.78, 5) is 0. The lowest BCUT2D eigenvalue weighted by atomic mass is 10.0. The lowest BCUT2D eigenvalue weighted by molar-refractivity contribution is -0.0159. The van der Waals surface area contributed by atoms with Crippen molar-refractivity contribution >= 4 is 15.9 Å². The van der Waals surface area contributed by atoms with E-state index in [1.165, 1.54) is 0 Å². The van der Waals surface area contributed by atoms with Crippen molar-refractivity contribution in [2.24, 2.45) is 0 Å². The van der Waals surface area contributed by atoms with E-state index in [1.807, 2.05) is 18.2 Å². The standard InChI is InChI=1S/C18H15BrN2O4/c1-23-12-2-3-13(17(22)6-12)15-7-16(21-20-15)14-5-11(19)4-10-8-24-9-25-18(10)14/h2-7,22H,8-9H2,1H3,(H,20,21). The predicted octanol–water partition coefficient (Wildman–Crippen LogP) is 4.09. The minimum Gasteiger partial charge on any atom is -0.507 e. The number of aromatic nitrogens is 2. The van der Waals surface area contributed by atoms with Gasteiger partial charge in [0.2, 0.25) is 0 Å². The largest absolute Gasteiger partial charge is 0.507 e. The molecule has 0 amide bonds. The van der Waals surface area contributed by atoms with Gasteiger partial charge in [0.25, 0.3) is 0 Å². The second-order valence-corrected chi connectivity index (χ2v) is 6.52. The van der Waals surface area contributed by atoms with E-state index in [2.05, 4.69) is 26.1 Å². The molecule has 25 heavy (non-hydrogen) atoms. The molecule has 0 saturated carbocycles. The molecule has 0 unspecified atom stereocenters. The average molecular weight is 403 g/mol. The summed E-state index contributed by atoms with van der Waals surface area (Å²) in [6, 6.07) is 10.9. The maximum atomic E-state index is 10.2. The fraction of sp³-hybridized carbons (Fsp3) is 0.167. The van der Waals surface area contributed by atoms with Crippen LogP contribution in [0.4, 0.5) is 0 Å². The van der Waals surface area contributed by atoms with Crippen LogP contribution in [0.3, 0.4) is 0 Å². The zero-order valence-electron chi connectivity index (χ0n) is 13.4. The van der Waals surface area contributed by atoms with Crippen LogP contribution in [0.2, 0.25) is 0 Å². The first kappa shape index (κ1) is 16.0. The molecule has 1 aliphatic rings. The second kappa shape index (κ2) is 6.42. The highest BCUT2D eigenvalue weighted by molar-refractivity contribution is 9.10. The molecule has 2 N–H and O–H groups in total. The van der Waals surface area contributed by atoms with Gasteiger partial charge in [0.1, 0.15) is 17.2 Å². The molecular formula is C18H15BrN2O4. The SMILES string of the molecule is COc1ccc(-c2cc(-c3cc(Br)cc4c3OCOC4)n[nH]2)c(O)c1. The van der Waals surface area contributed by atoms with E-state index in [1.54, 1.807) is 25.3 Å². The predicted molar refractivity (Wildman–Crippen MR) is 95.7 cm³/mol. The van der Waals surface area contributed by atoms with E-state index in [9.17, 15) is 5.11 Å². The van der Waals surface area contributed by atoms with Crippen LogP contribution in [0.5, 0.6) is 17.2 Å². The van der Waals surface area contributed by atoms with Crippen LogP contribution in [0, 0.1) is 0 Å². The van der Waals surface area contributed by atoms with Gasteiger partial charge in [-0.15, -0.1) is 0 Å². The Labute approximate surface area is 152 Å². The summed E-state index contributed by atoms with van der Waals surface area (Å²) in [6.07, 6.45) is 0. The fourth-order valence-electron chi connectivity index (χ4n) is 2.83. The number of nitrogens with one attached hydrogen (secondary N) is 1. The Balaban J connectivity index is 1.76. The lowest BCUT2D eigenvalue weighted by Gasteiger charge is -2.20. The van der Waals surface area contributed by atoms with Crippen LogP contribution in [0.1, 0.15) is 5.56 Å². The van der Waals surface area contributed by atoms with Crippen molar-refractivity contribution in [2.75, 3.05) is 13.9 Å². The Morgan fingerprint density at radius 2 is 2.08 bits per heavy atom. The van der Waals surface area contributed by atoms with Gasteiger partial charge < -0.3 is 19.3 Å². The Morgan fingerprint density at radius 1 is 1.20 bits per heavy atom. The van der Waals surface area contributed by atoms with E-state index < -0.39 is 0 Å². The maximum absolute atomic E-state index is 10.2. The third kappa shape index (κ3) is 2.96. The highest BCUT2D eigenvalue weighted by Gasteiger charge is 2.20. The number of hydrogen-bond donors (Lipinski definition) is 2. The quantitative estimate of drug-likeness (QED) is 0.689. The van der Waals surface area contributed by atoms with E-state index in [-0.39, 0.29) is 12.5 Å². The molecule has 2 aromatic carbocycles. The number of rotatable bonds is 3. The number of fused-ring (bicyclic) bond motifs is 1. The van der Waals surface area contributed by atoms with Crippen LogP contribution in [-0.2, 0) is 11.3 Å². The van der Waals surface area contributed by atoms with Gasteiger partial charge >= 0.3 is 0 Å². The van der Waals surface area contributed by atoms with Gasteiger partial charge in [-0.05, 0) is 30.3 Å². The van der Waals surface area contributed by atoms with Crippen molar-refractivity contribution in [3.05, 3.63) is 46.4 Å². The molecule has 1 aliphatic heterocycles. The molecule has 0 saturated heterocycles. The van der Waals surface area contributed by atoms with Gasteiger partial charge in [0, 0.05) is 27.2 Å². The van der Waals surface area contributed by atoms with Crippen molar-refractivity contribution in [2.45, 2.75) is 6.61 Å². The third-order valence-corrected chi connectivity index (χ3v) is 4.48. The molecular weight excluding hydrogens is 388 g/mol. The molecule has 2 heterocycles. The van der Waals surface area contributed by atoms with Gasteiger partial charge in [0.05, 0.1) is 25.1 Å². The molecule has 7 heteroatoms. The van der Waals surface area contributed by atoms with Crippen LogP contribution in [0.25, 0.3) is 22.5 Å². The van der Waals surface area contributed by atoms with Gasteiger partial charge in [-0.2, -0.15) is 5.10 Å². The molecule has 1 aromatic heterocycles. The molecule has 3 aromatic rings. The molecule has 0 radical (unpaired) electrons. The highest BCUT2D eigenvalue weighted by atomic mass is 79.9. The molecule has 0 atom stereocenters. The fourth-order valence-corrected chi connectivity index (χ4v) is 3.34. The summed E-state index contributed by atoms with van der Waals surface area (Å²) in [5.41, 5.74) is 3.91. The Hall–Kier alpha value is -2.51. The number of phenolic OH excluding ortho intramolecular Hbond substituents is 1. The number of aromatic hydroxyl groups is 1. The normalized spacial score (nSPS) is 13.2. The van der Waals surface area contributed by atoms with Crippen molar-refractivity contribution < 1.29 is 19.3 Å². The summed E-state index contributed by atoms with van der Waals surface area (Å²) in [6.45, 7) is 0.719. The zero-order chi connectivity index (χ0) is 17.4. The number of methoxy groups -OCH3 is 1. The average Bonchev–Trinajstić information content (AvgIpc) is 3.10. The monoisotopic (exact) mass is 402 g/mol. The minimum absolute atomic E-state index is 0.121. The van der Waals surface area contributed by atoms with Crippen molar-refractivity contribution in [1.29, 1.82) is 0 Å². The minimum atomic E-state index is 0.121. The smallest absolute Gasteiger partial charge is 0.189 e. The van der Waals surface area contributed by atoms with Crippen LogP contribution in [-0.4, -0.2) is 29.2 Å².